The lowest BCUT2D eigenvalue weighted by molar-refractivity contribution is 0.483. The highest BCUT2D eigenvalue weighted by Gasteiger charge is 2.10. The average Bonchev–Trinajstić information content (AvgIpc) is 2.76. The molecule has 5 aromatic rings. The van der Waals surface area contributed by atoms with Gasteiger partial charge in [-0.3, -0.25) is 0 Å². The van der Waals surface area contributed by atoms with Gasteiger partial charge in [0.2, 0.25) is 0 Å². The third-order valence-corrected chi connectivity index (χ3v) is 5.75. The molecule has 0 saturated heterocycles. The zero-order valence-corrected chi connectivity index (χ0v) is 19.2. The summed E-state index contributed by atoms with van der Waals surface area (Å²) in [6, 6.07) is 22.2. The Morgan fingerprint density at radius 3 is 2.65 bits per heavy atom. The number of pyridine rings is 1. The number of benzene rings is 3. The molecule has 0 aliphatic heterocycles. The van der Waals surface area contributed by atoms with Crippen LogP contribution in [0.3, 0.4) is 0 Å². The summed E-state index contributed by atoms with van der Waals surface area (Å²) in [5, 5.41) is 5.47. The van der Waals surface area contributed by atoms with Gasteiger partial charge in [0.15, 0.2) is 5.75 Å². The van der Waals surface area contributed by atoms with Gasteiger partial charge in [-0.1, -0.05) is 18.2 Å². The standard InChI is InChI=1S/C25H19IN4O/c1-15-12-19(30-25-20-13-18(26)8-10-21(20)27-14-28-25)9-11-22(15)31-23-5-3-4-17-7-6-16(2)29-24(17)23/h3-14H,1-2H3,(H,27,28,30). The number of anilines is 2. The molecule has 5 rings (SSSR count). The molecule has 0 bridgehead atoms. The summed E-state index contributed by atoms with van der Waals surface area (Å²) in [4.78, 5) is 13.5. The molecule has 0 amide bonds. The lowest BCUT2D eigenvalue weighted by Crippen LogP contribution is -1.97. The molecule has 152 valence electrons. The van der Waals surface area contributed by atoms with Crippen LogP contribution in [-0.2, 0) is 0 Å². The van der Waals surface area contributed by atoms with Crippen LogP contribution >= 0.6 is 22.6 Å². The van der Waals surface area contributed by atoms with E-state index in [9.17, 15) is 0 Å². The van der Waals surface area contributed by atoms with Crippen molar-refractivity contribution in [3.05, 3.63) is 87.9 Å². The number of fused-ring (bicyclic) bond motifs is 2. The molecule has 0 fully saturated rings. The van der Waals surface area contributed by atoms with E-state index in [0.29, 0.717) is 0 Å². The van der Waals surface area contributed by atoms with Crippen LogP contribution in [0.15, 0.2) is 73.1 Å². The Hall–Kier alpha value is -3.26. The normalized spacial score (nSPS) is 11.1. The second-order valence-corrected chi connectivity index (χ2v) is 8.62. The Balaban J connectivity index is 1.45. The van der Waals surface area contributed by atoms with Gasteiger partial charge in [-0.15, -0.1) is 0 Å². The lowest BCUT2D eigenvalue weighted by atomic mass is 10.1. The SMILES string of the molecule is Cc1ccc2cccc(Oc3ccc(Nc4ncnc5ccc(I)cc45)cc3C)c2n1. The molecule has 0 aliphatic rings. The van der Waals surface area contributed by atoms with Crippen molar-refractivity contribution < 1.29 is 4.74 Å². The summed E-state index contributed by atoms with van der Waals surface area (Å²) in [5.74, 6) is 2.33. The number of halogens is 1. The molecule has 2 heterocycles. The fraction of sp³-hybridized carbons (Fsp3) is 0.0800. The van der Waals surface area contributed by atoms with Gasteiger partial charge in [0.1, 0.15) is 23.4 Å². The van der Waals surface area contributed by atoms with E-state index in [2.05, 4.69) is 61.1 Å². The minimum atomic E-state index is 0.751. The van der Waals surface area contributed by atoms with Gasteiger partial charge in [0.25, 0.3) is 0 Å². The third kappa shape index (κ3) is 4.03. The summed E-state index contributed by atoms with van der Waals surface area (Å²) in [6.45, 7) is 4.02. The molecule has 0 saturated carbocycles. The minimum Gasteiger partial charge on any atom is -0.455 e. The lowest BCUT2D eigenvalue weighted by Gasteiger charge is -2.13. The molecule has 0 atom stereocenters. The van der Waals surface area contributed by atoms with E-state index in [4.69, 9.17) is 4.74 Å². The first-order valence-electron chi connectivity index (χ1n) is 9.89. The molecule has 5 nitrogen and oxygen atoms in total. The predicted molar refractivity (Wildman–Crippen MR) is 133 cm³/mol. The summed E-state index contributed by atoms with van der Waals surface area (Å²) in [5.41, 5.74) is 4.70. The van der Waals surface area contributed by atoms with Gasteiger partial charge in [0, 0.05) is 25.7 Å². The Labute approximate surface area is 193 Å². The van der Waals surface area contributed by atoms with Crippen molar-refractivity contribution in [1.82, 2.24) is 15.0 Å². The van der Waals surface area contributed by atoms with E-state index in [-0.39, 0.29) is 0 Å². The second-order valence-electron chi connectivity index (χ2n) is 7.37. The first-order valence-corrected chi connectivity index (χ1v) is 11.0. The number of ether oxygens (including phenoxy) is 1. The van der Waals surface area contributed by atoms with Crippen LogP contribution in [0.1, 0.15) is 11.3 Å². The zero-order valence-electron chi connectivity index (χ0n) is 17.1. The highest BCUT2D eigenvalue weighted by molar-refractivity contribution is 14.1. The molecule has 1 N–H and O–H groups in total. The topological polar surface area (TPSA) is 59.9 Å². The predicted octanol–water partition coefficient (Wildman–Crippen LogP) is 6.94. The molecular formula is C25H19IN4O. The van der Waals surface area contributed by atoms with Crippen LogP contribution in [0.4, 0.5) is 11.5 Å². The van der Waals surface area contributed by atoms with Crippen molar-refractivity contribution in [1.29, 1.82) is 0 Å². The fourth-order valence-electron chi connectivity index (χ4n) is 3.53. The molecule has 0 radical (unpaired) electrons. The molecule has 3 aromatic carbocycles. The second kappa shape index (κ2) is 8.11. The Bertz CT molecular complexity index is 1430. The highest BCUT2D eigenvalue weighted by atomic mass is 127. The fourth-order valence-corrected chi connectivity index (χ4v) is 4.02. The summed E-state index contributed by atoms with van der Waals surface area (Å²) in [7, 11) is 0. The van der Waals surface area contributed by atoms with Crippen LogP contribution in [0.25, 0.3) is 21.8 Å². The Morgan fingerprint density at radius 2 is 1.77 bits per heavy atom. The van der Waals surface area contributed by atoms with Crippen molar-refractivity contribution in [3.63, 3.8) is 0 Å². The highest BCUT2D eigenvalue weighted by Crippen LogP contribution is 2.33. The van der Waals surface area contributed by atoms with Gasteiger partial charge >= 0.3 is 0 Å². The number of aromatic nitrogens is 3. The number of hydrogen-bond donors (Lipinski definition) is 1. The van der Waals surface area contributed by atoms with Crippen molar-refractivity contribution >= 4 is 55.9 Å². The van der Waals surface area contributed by atoms with E-state index >= 15 is 0 Å². The van der Waals surface area contributed by atoms with Gasteiger partial charge in [-0.2, -0.15) is 0 Å². The van der Waals surface area contributed by atoms with Crippen molar-refractivity contribution in [2.24, 2.45) is 0 Å². The van der Waals surface area contributed by atoms with E-state index < -0.39 is 0 Å². The van der Waals surface area contributed by atoms with Gasteiger partial charge in [-0.05, 0) is 90.5 Å². The summed E-state index contributed by atoms with van der Waals surface area (Å²) < 4.78 is 7.39. The Morgan fingerprint density at radius 1 is 0.871 bits per heavy atom. The quantitative estimate of drug-likeness (QED) is 0.262. The molecule has 2 aromatic heterocycles. The molecule has 0 unspecified atom stereocenters. The van der Waals surface area contributed by atoms with Crippen LogP contribution in [0.5, 0.6) is 11.5 Å². The van der Waals surface area contributed by atoms with Crippen molar-refractivity contribution in [3.8, 4) is 11.5 Å². The molecule has 0 spiro atoms. The molecule has 31 heavy (non-hydrogen) atoms. The maximum Gasteiger partial charge on any atom is 0.153 e. The maximum absolute atomic E-state index is 6.25. The van der Waals surface area contributed by atoms with Gasteiger partial charge in [0.05, 0.1) is 5.52 Å². The van der Waals surface area contributed by atoms with E-state index in [0.717, 1.165) is 59.6 Å². The number of nitrogens with zero attached hydrogens (tertiary/aromatic N) is 3. The van der Waals surface area contributed by atoms with E-state index in [1.54, 1.807) is 6.33 Å². The van der Waals surface area contributed by atoms with E-state index in [1.807, 2.05) is 62.4 Å². The molecule has 6 heteroatoms. The first kappa shape index (κ1) is 19.7. The Kier molecular flexibility index (Phi) is 5.15. The number of nitrogens with one attached hydrogen (secondary N) is 1. The zero-order chi connectivity index (χ0) is 21.4. The summed E-state index contributed by atoms with van der Waals surface area (Å²) >= 11 is 2.30. The number of hydrogen-bond acceptors (Lipinski definition) is 5. The number of aryl methyl sites for hydroxylation is 2. The third-order valence-electron chi connectivity index (χ3n) is 5.08. The molecule has 0 aliphatic carbocycles. The first-order chi connectivity index (χ1) is 15.1. The van der Waals surface area contributed by atoms with Crippen LogP contribution in [0, 0.1) is 17.4 Å². The van der Waals surface area contributed by atoms with Crippen molar-refractivity contribution in [2.45, 2.75) is 13.8 Å². The number of para-hydroxylation sites is 1. The van der Waals surface area contributed by atoms with Gasteiger partial charge < -0.3 is 10.1 Å². The van der Waals surface area contributed by atoms with Gasteiger partial charge in [-0.25, -0.2) is 15.0 Å². The van der Waals surface area contributed by atoms with Crippen LogP contribution < -0.4 is 10.1 Å². The van der Waals surface area contributed by atoms with Crippen LogP contribution in [0.2, 0.25) is 0 Å². The summed E-state index contributed by atoms with van der Waals surface area (Å²) in [6.07, 6.45) is 1.58. The van der Waals surface area contributed by atoms with Crippen molar-refractivity contribution in [2.75, 3.05) is 5.32 Å². The van der Waals surface area contributed by atoms with E-state index in [1.165, 1.54) is 0 Å². The maximum atomic E-state index is 6.25. The number of rotatable bonds is 4. The largest absolute Gasteiger partial charge is 0.455 e. The average molecular weight is 518 g/mol. The molecular weight excluding hydrogens is 499 g/mol. The minimum absolute atomic E-state index is 0.751. The monoisotopic (exact) mass is 518 g/mol. The smallest absolute Gasteiger partial charge is 0.153 e. The van der Waals surface area contributed by atoms with Crippen LogP contribution in [-0.4, -0.2) is 15.0 Å².